The molecule has 8 heteroatoms. The van der Waals surface area contributed by atoms with Gasteiger partial charge in [-0.25, -0.2) is 0 Å². The minimum absolute atomic E-state index is 0.132. The fraction of sp³-hybridized carbons (Fsp3) is 0.857. The predicted octanol–water partition coefficient (Wildman–Crippen LogP) is -1.21. The Bertz CT molecular complexity index is 194. The lowest BCUT2D eigenvalue weighted by Crippen LogP contribution is -2.45. The molecule has 0 bridgehead atoms. The first-order chi connectivity index (χ1) is 7.01. The van der Waals surface area contributed by atoms with Crippen molar-refractivity contribution in [2.45, 2.75) is 25.4 Å². The summed E-state index contributed by atoms with van der Waals surface area (Å²) in [4.78, 5) is 28.5. The van der Waals surface area contributed by atoms with E-state index in [-0.39, 0.29) is 18.6 Å². The van der Waals surface area contributed by atoms with E-state index in [2.05, 4.69) is 5.32 Å². The zero-order valence-corrected chi connectivity index (χ0v) is 10.0. The molecule has 0 rings (SSSR count). The molecule has 0 spiro atoms. The zero-order chi connectivity index (χ0) is 11.8. The molecule has 0 aromatic heterocycles. The molecule has 15 heavy (non-hydrogen) atoms. The Balaban J connectivity index is 4.17. The van der Waals surface area contributed by atoms with E-state index >= 15 is 0 Å². The molecule has 0 fully saturated rings. The SMILES string of the molecule is BCC(=O)NC(COC)C(C)OP(O)O. The van der Waals surface area contributed by atoms with Gasteiger partial charge >= 0.3 is 8.60 Å². The third-order valence-corrected chi connectivity index (χ3v) is 2.36. The van der Waals surface area contributed by atoms with Gasteiger partial charge in [-0.2, -0.15) is 0 Å². The Kier molecular flexibility index (Phi) is 7.91. The number of carbonyl (C=O) groups excluding carboxylic acids is 1. The van der Waals surface area contributed by atoms with Crippen LogP contribution in [0, 0.1) is 0 Å². The molecule has 6 nitrogen and oxygen atoms in total. The van der Waals surface area contributed by atoms with Crippen LogP contribution in [0.3, 0.4) is 0 Å². The smallest absolute Gasteiger partial charge is 0.327 e. The number of methoxy groups -OCH3 is 1. The summed E-state index contributed by atoms with van der Waals surface area (Å²) in [5, 5.41) is 2.67. The molecule has 2 atom stereocenters. The lowest BCUT2D eigenvalue weighted by molar-refractivity contribution is -0.120. The van der Waals surface area contributed by atoms with Crippen molar-refractivity contribution in [2.24, 2.45) is 0 Å². The molecular weight excluding hydrogens is 220 g/mol. The zero-order valence-electron chi connectivity index (χ0n) is 9.14. The number of carbonyl (C=O) groups is 1. The van der Waals surface area contributed by atoms with E-state index in [9.17, 15) is 4.79 Å². The molecule has 2 unspecified atom stereocenters. The second-order valence-corrected chi connectivity index (χ2v) is 3.76. The number of amides is 1. The highest BCUT2D eigenvalue weighted by molar-refractivity contribution is 7.39. The summed E-state index contributed by atoms with van der Waals surface area (Å²) in [7, 11) is 0.811. The molecule has 3 N–H and O–H groups in total. The Labute approximate surface area is 91.4 Å². The second-order valence-electron chi connectivity index (χ2n) is 3.05. The van der Waals surface area contributed by atoms with Crippen LogP contribution in [-0.2, 0) is 14.1 Å². The van der Waals surface area contributed by atoms with Crippen molar-refractivity contribution in [3.8, 4) is 0 Å². The Morgan fingerprint density at radius 3 is 2.60 bits per heavy atom. The van der Waals surface area contributed by atoms with Crippen molar-refractivity contribution >= 4 is 22.4 Å². The van der Waals surface area contributed by atoms with Gasteiger partial charge in [-0.15, -0.1) is 0 Å². The van der Waals surface area contributed by atoms with E-state index in [1.54, 1.807) is 14.8 Å². The summed E-state index contributed by atoms with van der Waals surface area (Å²) in [5.41, 5.74) is 0. The van der Waals surface area contributed by atoms with Crippen LogP contribution < -0.4 is 5.32 Å². The molecule has 0 aliphatic carbocycles. The number of hydrogen-bond donors (Lipinski definition) is 3. The highest BCUT2D eigenvalue weighted by atomic mass is 31.2. The maximum Gasteiger partial charge on any atom is 0.327 e. The average molecular weight is 237 g/mol. The normalized spacial score (nSPS) is 15.0. The second kappa shape index (κ2) is 8.02. The quantitative estimate of drug-likeness (QED) is 0.381. The molecule has 0 aliphatic heterocycles. The third kappa shape index (κ3) is 6.81. The van der Waals surface area contributed by atoms with E-state index in [0.717, 1.165) is 0 Å². The minimum atomic E-state index is -2.42. The first kappa shape index (κ1) is 14.8. The van der Waals surface area contributed by atoms with Gasteiger partial charge in [-0.1, -0.05) is 0 Å². The third-order valence-electron chi connectivity index (χ3n) is 1.84. The van der Waals surface area contributed by atoms with Crippen LogP contribution in [0.5, 0.6) is 0 Å². The molecule has 88 valence electrons. The van der Waals surface area contributed by atoms with Crippen LogP contribution >= 0.6 is 8.60 Å². The maximum atomic E-state index is 11.1. The van der Waals surface area contributed by atoms with Crippen LogP contribution in [0.15, 0.2) is 0 Å². The summed E-state index contributed by atoms with van der Waals surface area (Å²) >= 11 is 0. The summed E-state index contributed by atoms with van der Waals surface area (Å²) in [6, 6.07) is -0.383. The van der Waals surface area contributed by atoms with Crippen LogP contribution in [0.4, 0.5) is 0 Å². The first-order valence-electron chi connectivity index (χ1n) is 4.64. The monoisotopic (exact) mass is 237 g/mol. The van der Waals surface area contributed by atoms with Crippen molar-refractivity contribution in [3.63, 3.8) is 0 Å². The van der Waals surface area contributed by atoms with Gasteiger partial charge in [0.05, 0.1) is 18.8 Å². The predicted molar refractivity (Wildman–Crippen MR) is 59.1 cm³/mol. The number of rotatable bonds is 7. The Morgan fingerprint density at radius 1 is 1.60 bits per heavy atom. The average Bonchev–Trinajstić information content (AvgIpc) is 2.15. The molecule has 0 aromatic rings. The van der Waals surface area contributed by atoms with Gasteiger partial charge in [0, 0.05) is 7.11 Å². The van der Waals surface area contributed by atoms with Crippen molar-refractivity contribution in [1.82, 2.24) is 5.32 Å². The maximum absolute atomic E-state index is 11.1. The Morgan fingerprint density at radius 2 is 2.20 bits per heavy atom. The summed E-state index contributed by atoms with van der Waals surface area (Å²) < 4.78 is 9.69. The van der Waals surface area contributed by atoms with Crippen molar-refractivity contribution < 1.29 is 23.8 Å². The van der Waals surface area contributed by atoms with Gasteiger partial charge in [0.2, 0.25) is 5.91 Å². The van der Waals surface area contributed by atoms with E-state index in [0.29, 0.717) is 6.32 Å². The lowest BCUT2D eigenvalue weighted by Gasteiger charge is -2.24. The minimum Gasteiger partial charge on any atom is -0.382 e. The summed E-state index contributed by atoms with van der Waals surface area (Å²) in [6.45, 7) is 1.90. The summed E-state index contributed by atoms with van der Waals surface area (Å²) in [6.07, 6.45) is -0.151. The van der Waals surface area contributed by atoms with Crippen LogP contribution in [-0.4, -0.2) is 49.4 Å². The van der Waals surface area contributed by atoms with Gasteiger partial charge in [0.25, 0.3) is 0 Å². The molecule has 0 radical (unpaired) electrons. The van der Waals surface area contributed by atoms with Crippen molar-refractivity contribution in [3.05, 3.63) is 0 Å². The van der Waals surface area contributed by atoms with Crippen molar-refractivity contribution in [2.75, 3.05) is 13.7 Å². The molecule has 1 amide bonds. The largest absolute Gasteiger partial charge is 0.382 e. The first-order valence-corrected chi connectivity index (χ1v) is 5.80. The Hall–Kier alpha value is -0.195. The topological polar surface area (TPSA) is 88.0 Å². The highest BCUT2D eigenvalue weighted by Gasteiger charge is 2.21. The van der Waals surface area contributed by atoms with E-state index in [4.69, 9.17) is 19.0 Å². The molecule has 0 aromatic carbocycles. The van der Waals surface area contributed by atoms with Gasteiger partial charge < -0.3 is 24.4 Å². The molecule has 0 saturated heterocycles. The van der Waals surface area contributed by atoms with Crippen molar-refractivity contribution in [1.29, 1.82) is 0 Å². The molecule has 0 aliphatic rings. The number of ether oxygens (including phenoxy) is 1. The molecular formula is C7H17BNO5P. The van der Waals surface area contributed by atoms with Crippen LogP contribution in [0.25, 0.3) is 0 Å². The lowest BCUT2D eigenvalue weighted by atomic mass is 10.0. The number of hydrogen-bond acceptors (Lipinski definition) is 5. The van der Waals surface area contributed by atoms with Crippen LogP contribution in [0.2, 0.25) is 6.32 Å². The van der Waals surface area contributed by atoms with Crippen LogP contribution in [0.1, 0.15) is 6.92 Å². The van der Waals surface area contributed by atoms with Gasteiger partial charge in [0.15, 0.2) is 0 Å². The van der Waals surface area contributed by atoms with Gasteiger partial charge in [0.1, 0.15) is 7.85 Å². The fourth-order valence-electron chi connectivity index (χ4n) is 1.01. The van der Waals surface area contributed by atoms with Gasteiger partial charge in [-0.05, 0) is 13.2 Å². The fourth-order valence-corrected chi connectivity index (χ4v) is 1.45. The highest BCUT2D eigenvalue weighted by Crippen LogP contribution is 2.27. The number of nitrogens with one attached hydrogen (secondary N) is 1. The van der Waals surface area contributed by atoms with E-state index < -0.39 is 14.7 Å². The standard InChI is InChI=1S/C7H17BNO5P/c1-5(14-15(11)12)6(4-13-2)9-7(10)3-8/h5-6,11-12H,3-4,8H2,1-2H3,(H,9,10). The molecule has 0 heterocycles. The molecule has 0 saturated carbocycles. The summed E-state index contributed by atoms with van der Waals surface area (Å²) in [5.74, 6) is -0.132. The van der Waals surface area contributed by atoms with Gasteiger partial charge in [-0.3, -0.25) is 4.79 Å². The van der Waals surface area contributed by atoms with E-state index in [1.807, 2.05) is 0 Å². The van der Waals surface area contributed by atoms with E-state index in [1.165, 1.54) is 7.11 Å².